The van der Waals surface area contributed by atoms with Crippen molar-refractivity contribution in [1.82, 2.24) is 10.3 Å². The maximum atomic E-state index is 12.4. The van der Waals surface area contributed by atoms with Crippen molar-refractivity contribution in [1.29, 1.82) is 0 Å². The van der Waals surface area contributed by atoms with Gasteiger partial charge < -0.3 is 5.32 Å². The summed E-state index contributed by atoms with van der Waals surface area (Å²) >= 11 is 7.91. The number of rotatable bonds is 5. The largest absolute Gasteiger partial charge is 0.353 e. The molecule has 1 saturated carbocycles. The molecule has 2 aromatic carbocycles. The lowest BCUT2D eigenvalue weighted by atomic mass is 9.65. The second-order valence-corrected chi connectivity index (χ2v) is 10.3. The number of nitrogens with one attached hydrogen (secondary N) is 1. The van der Waals surface area contributed by atoms with Crippen molar-refractivity contribution in [2.24, 2.45) is 17.8 Å². The quantitative estimate of drug-likeness (QED) is 0.466. The van der Waals surface area contributed by atoms with Crippen LogP contribution in [0.5, 0.6) is 0 Å². The van der Waals surface area contributed by atoms with Crippen LogP contribution in [0.1, 0.15) is 47.7 Å². The molecule has 2 heterocycles. The molecule has 1 aliphatic heterocycles. The fourth-order valence-corrected chi connectivity index (χ4v) is 6.49. The Kier molecular flexibility index (Phi) is 6.42. The summed E-state index contributed by atoms with van der Waals surface area (Å²) in [7, 11) is 0. The van der Waals surface area contributed by atoms with Crippen LogP contribution in [0.25, 0.3) is 6.08 Å². The number of thiazole rings is 1. The third-order valence-electron chi connectivity index (χ3n) is 7.01. The highest BCUT2D eigenvalue weighted by atomic mass is 35.5. The smallest absolute Gasteiger partial charge is 0.220 e. The summed E-state index contributed by atoms with van der Waals surface area (Å²) in [5.74, 6) is 1.65. The molecule has 5 rings (SSSR count). The molecule has 0 bridgehead atoms. The molecular weight excluding hydrogens is 436 g/mol. The van der Waals surface area contributed by atoms with Crippen LogP contribution in [0.4, 0.5) is 0 Å². The predicted molar refractivity (Wildman–Crippen MR) is 132 cm³/mol. The molecule has 0 radical (unpaired) electrons. The molecule has 32 heavy (non-hydrogen) atoms. The lowest BCUT2D eigenvalue weighted by Crippen LogP contribution is -2.51. The van der Waals surface area contributed by atoms with E-state index < -0.39 is 0 Å². The van der Waals surface area contributed by atoms with Crippen molar-refractivity contribution in [3.8, 4) is 0 Å². The van der Waals surface area contributed by atoms with Crippen LogP contribution in [0.2, 0.25) is 5.02 Å². The first-order chi connectivity index (χ1) is 15.7. The van der Waals surface area contributed by atoms with Crippen LogP contribution >= 0.6 is 22.9 Å². The molecule has 3 aromatic rings. The minimum absolute atomic E-state index is 0.182. The number of fused-ring (bicyclic) bond motifs is 1. The number of halogens is 1. The fraction of sp³-hybridized carbons (Fsp3) is 0.333. The van der Waals surface area contributed by atoms with Crippen molar-refractivity contribution >= 4 is 34.9 Å². The number of benzene rings is 2. The lowest BCUT2D eigenvalue weighted by Gasteiger charge is -2.45. The van der Waals surface area contributed by atoms with E-state index >= 15 is 0 Å². The number of nitrogens with zero attached hydrogens (tertiary/aromatic N) is 1. The number of hydrogen-bond donors (Lipinski definition) is 1. The standard InChI is InChI=1S/C27H27ClN2OS/c28-22-11-8-19(9-12-22)26(27-29-14-15-32-27)21-10-13-24-23(16-21)20(17-25(31)30-24)7-6-18-4-2-1-3-5-18/h1-9,11-12,14-15,20-21,23-24,26H,10,13,16-17H2,(H,30,31)/b7-6+. The average molecular weight is 463 g/mol. The Labute approximate surface area is 198 Å². The summed E-state index contributed by atoms with van der Waals surface area (Å²) in [6, 6.07) is 18.9. The fourth-order valence-electron chi connectivity index (χ4n) is 5.51. The number of piperidine rings is 1. The SMILES string of the molecule is O=C1CC(/C=C/c2ccccc2)C2CC(C(c3ccc(Cl)cc3)c3nccs3)CCC2N1. The van der Waals surface area contributed by atoms with Gasteiger partial charge in [-0.05, 0) is 60.3 Å². The third kappa shape index (κ3) is 4.67. The van der Waals surface area contributed by atoms with Crippen molar-refractivity contribution in [3.05, 3.63) is 93.4 Å². The van der Waals surface area contributed by atoms with Crippen molar-refractivity contribution < 1.29 is 4.79 Å². The maximum Gasteiger partial charge on any atom is 0.220 e. The van der Waals surface area contributed by atoms with Gasteiger partial charge in [0.05, 0.1) is 0 Å². The Bertz CT molecular complexity index is 1060. The Balaban J connectivity index is 1.42. The van der Waals surface area contributed by atoms with Gasteiger partial charge >= 0.3 is 0 Å². The van der Waals surface area contributed by atoms with Gasteiger partial charge in [0, 0.05) is 35.0 Å². The van der Waals surface area contributed by atoms with Crippen LogP contribution in [0, 0.1) is 17.8 Å². The van der Waals surface area contributed by atoms with Gasteiger partial charge in [0.1, 0.15) is 5.01 Å². The summed E-state index contributed by atoms with van der Waals surface area (Å²) in [5, 5.41) is 7.28. The van der Waals surface area contributed by atoms with Gasteiger partial charge in [-0.3, -0.25) is 4.79 Å². The number of allylic oxidation sites excluding steroid dienone is 1. The second-order valence-electron chi connectivity index (χ2n) is 8.95. The van der Waals surface area contributed by atoms with Gasteiger partial charge in [-0.1, -0.05) is 66.2 Å². The molecule has 5 heteroatoms. The Morgan fingerprint density at radius 3 is 2.66 bits per heavy atom. The molecule has 1 saturated heterocycles. The average Bonchev–Trinajstić information content (AvgIpc) is 3.34. The molecule has 0 spiro atoms. The van der Waals surface area contributed by atoms with E-state index in [0.29, 0.717) is 18.3 Å². The van der Waals surface area contributed by atoms with E-state index in [1.54, 1.807) is 11.3 Å². The third-order valence-corrected chi connectivity index (χ3v) is 8.12. The Hall–Kier alpha value is -2.43. The van der Waals surface area contributed by atoms with Crippen LogP contribution in [0.15, 0.2) is 72.3 Å². The van der Waals surface area contributed by atoms with Gasteiger partial charge in [0.25, 0.3) is 0 Å². The summed E-state index contributed by atoms with van der Waals surface area (Å²) in [5.41, 5.74) is 2.47. The van der Waals surface area contributed by atoms with E-state index in [2.05, 4.69) is 59.2 Å². The normalized spacial score (nSPS) is 26.5. The first kappa shape index (κ1) is 21.4. The molecule has 1 amide bonds. The van der Waals surface area contributed by atoms with Crippen LogP contribution in [-0.4, -0.2) is 16.9 Å². The van der Waals surface area contributed by atoms with Crippen LogP contribution in [0.3, 0.4) is 0 Å². The van der Waals surface area contributed by atoms with E-state index in [4.69, 9.17) is 16.6 Å². The van der Waals surface area contributed by atoms with Crippen molar-refractivity contribution in [3.63, 3.8) is 0 Å². The number of carbonyl (C=O) groups is 1. The Morgan fingerprint density at radius 2 is 1.91 bits per heavy atom. The molecule has 5 atom stereocenters. The van der Waals surface area contributed by atoms with Crippen molar-refractivity contribution in [2.75, 3.05) is 0 Å². The van der Waals surface area contributed by atoms with E-state index in [0.717, 1.165) is 24.3 Å². The number of amides is 1. The highest BCUT2D eigenvalue weighted by Crippen LogP contribution is 2.46. The molecule has 164 valence electrons. The minimum Gasteiger partial charge on any atom is -0.353 e. The topological polar surface area (TPSA) is 42.0 Å². The number of hydrogen-bond acceptors (Lipinski definition) is 3. The first-order valence-corrected chi connectivity index (χ1v) is 12.6. The second kappa shape index (κ2) is 9.60. The molecule has 1 aliphatic carbocycles. The van der Waals surface area contributed by atoms with Gasteiger partial charge in [0.2, 0.25) is 5.91 Å². The van der Waals surface area contributed by atoms with Crippen LogP contribution in [-0.2, 0) is 4.79 Å². The summed E-state index contributed by atoms with van der Waals surface area (Å²) in [6.07, 6.45) is 10.1. The zero-order valence-corrected chi connectivity index (χ0v) is 19.4. The zero-order valence-electron chi connectivity index (χ0n) is 17.9. The van der Waals surface area contributed by atoms with Gasteiger partial charge in [-0.2, -0.15) is 0 Å². The van der Waals surface area contributed by atoms with Gasteiger partial charge in [0.15, 0.2) is 0 Å². The number of aromatic nitrogens is 1. The predicted octanol–water partition coefficient (Wildman–Crippen LogP) is 6.56. The lowest BCUT2D eigenvalue weighted by molar-refractivity contribution is -0.126. The monoisotopic (exact) mass is 462 g/mol. The molecule has 5 unspecified atom stereocenters. The highest BCUT2D eigenvalue weighted by molar-refractivity contribution is 7.09. The maximum absolute atomic E-state index is 12.4. The van der Waals surface area contributed by atoms with Gasteiger partial charge in [-0.25, -0.2) is 4.98 Å². The minimum atomic E-state index is 0.182. The Morgan fingerprint density at radius 1 is 1.09 bits per heavy atom. The highest BCUT2D eigenvalue weighted by Gasteiger charge is 2.42. The summed E-state index contributed by atoms with van der Waals surface area (Å²) in [6.45, 7) is 0. The molecular formula is C27H27ClN2OS. The van der Waals surface area contributed by atoms with Crippen molar-refractivity contribution in [2.45, 2.75) is 37.6 Å². The molecule has 2 fully saturated rings. The van der Waals surface area contributed by atoms with E-state index in [9.17, 15) is 4.79 Å². The molecule has 2 aliphatic rings. The van der Waals surface area contributed by atoms with E-state index in [1.807, 2.05) is 24.4 Å². The van der Waals surface area contributed by atoms with Crippen LogP contribution < -0.4 is 5.32 Å². The molecule has 3 nitrogen and oxygen atoms in total. The summed E-state index contributed by atoms with van der Waals surface area (Å²) < 4.78 is 0. The van der Waals surface area contributed by atoms with E-state index in [1.165, 1.54) is 16.1 Å². The van der Waals surface area contributed by atoms with E-state index in [-0.39, 0.29) is 23.8 Å². The molecule has 1 N–H and O–H groups in total. The first-order valence-electron chi connectivity index (χ1n) is 11.3. The zero-order chi connectivity index (χ0) is 21.9. The number of carbonyl (C=O) groups excluding carboxylic acids is 1. The summed E-state index contributed by atoms with van der Waals surface area (Å²) in [4.78, 5) is 17.1. The molecule has 1 aromatic heterocycles. The van der Waals surface area contributed by atoms with Gasteiger partial charge in [-0.15, -0.1) is 11.3 Å².